The average molecular weight is 444 g/mol. The van der Waals surface area contributed by atoms with Crippen molar-refractivity contribution in [1.82, 2.24) is 25.4 Å². The first-order valence-electron chi connectivity index (χ1n) is 9.88. The van der Waals surface area contributed by atoms with Crippen LogP contribution in [0, 0.1) is 13.8 Å². The maximum absolute atomic E-state index is 12.5. The monoisotopic (exact) mass is 443 g/mol. The molecule has 2 saturated heterocycles. The molecule has 2 aliphatic rings. The number of rotatable bonds is 5. The van der Waals surface area contributed by atoms with Gasteiger partial charge in [0.1, 0.15) is 0 Å². The molecule has 0 aromatic carbocycles. The number of carbonyl (C=O) groups is 1. The fourth-order valence-electron chi connectivity index (χ4n) is 4.82. The number of pyridine rings is 1. The topological polar surface area (TPSA) is 81.1 Å². The number of aryl methyl sites for hydroxylation is 3. The van der Waals surface area contributed by atoms with Crippen molar-refractivity contribution in [3.63, 3.8) is 0 Å². The van der Waals surface area contributed by atoms with Crippen LogP contribution in [0.25, 0.3) is 11.0 Å². The van der Waals surface area contributed by atoms with Crippen molar-refractivity contribution in [2.24, 2.45) is 7.05 Å². The number of hydrogen-bond acceptors (Lipinski definition) is 5. The van der Waals surface area contributed by atoms with Gasteiger partial charge in [0.15, 0.2) is 5.65 Å². The Morgan fingerprint density at radius 2 is 1.90 bits per heavy atom. The Balaban J connectivity index is 0.00000150. The predicted octanol–water partition coefficient (Wildman–Crippen LogP) is 2.77. The zero-order chi connectivity index (χ0) is 19.1. The number of fused-ring (bicyclic) bond motifs is 3. The van der Waals surface area contributed by atoms with Gasteiger partial charge in [-0.3, -0.25) is 4.79 Å². The van der Waals surface area contributed by atoms with Crippen LogP contribution in [0.4, 0.5) is 0 Å². The standard InChI is InChI=1S/C20H29N5O2.2ClH/c1-11-16(12(2)21-19-18(11)20(27-4)24-25(19)3)7-8-17(26)23-15-9-13-5-6-14(10-15)22-13;;/h13-15,22H,5-10H2,1-4H3,(H,23,26);2*1H. The summed E-state index contributed by atoms with van der Waals surface area (Å²) in [5.74, 6) is 0.728. The van der Waals surface area contributed by atoms with Crippen LogP contribution in [-0.4, -0.2) is 45.9 Å². The molecule has 4 rings (SSSR count). The molecule has 2 unspecified atom stereocenters. The number of piperidine rings is 1. The van der Waals surface area contributed by atoms with Crippen LogP contribution < -0.4 is 15.4 Å². The first kappa shape index (κ1) is 23.7. The Kier molecular flexibility index (Phi) is 7.76. The van der Waals surface area contributed by atoms with Gasteiger partial charge in [0.25, 0.3) is 0 Å². The second-order valence-corrected chi connectivity index (χ2v) is 8.01. The van der Waals surface area contributed by atoms with Crippen LogP contribution in [0.15, 0.2) is 0 Å². The van der Waals surface area contributed by atoms with Gasteiger partial charge in [0.05, 0.1) is 12.5 Å². The molecular formula is C20H31Cl2N5O2. The van der Waals surface area contributed by atoms with Crippen LogP contribution in [0.3, 0.4) is 0 Å². The highest BCUT2D eigenvalue weighted by Gasteiger charge is 2.33. The van der Waals surface area contributed by atoms with Gasteiger partial charge in [-0.15, -0.1) is 29.9 Å². The van der Waals surface area contributed by atoms with Crippen LogP contribution in [0.1, 0.15) is 48.9 Å². The van der Waals surface area contributed by atoms with Gasteiger partial charge in [0, 0.05) is 37.3 Å². The highest BCUT2D eigenvalue weighted by molar-refractivity contribution is 5.86. The highest BCUT2D eigenvalue weighted by Crippen LogP contribution is 2.30. The third-order valence-electron chi connectivity index (χ3n) is 6.16. The lowest BCUT2D eigenvalue weighted by molar-refractivity contribution is -0.122. The molecular weight excluding hydrogens is 413 g/mol. The SMILES string of the molecule is COc1nn(C)c2nc(C)c(CCC(=O)NC3CC4CCC(C3)N4)c(C)c12.Cl.Cl. The molecule has 162 valence electrons. The van der Waals surface area contributed by atoms with E-state index in [4.69, 9.17) is 9.72 Å². The van der Waals surface area contributed by atoms with E-state index in [1.807, 2.05) is 14.0 Å². The lowest BCUT2D eigenvalue weighted by Gasteiger charge is -2.29. The molecule has 7 nitrogen and oxygen atoms in total. The molecule has 29 heavy (non-hydrogen) atoms. The van der Waals surface area contributed by atoms with E-state index < -0.39 is 0 Å². The van der Waals surface area contributed by atoms with Gasteiger partial charge >= 0.3 is 0 Å². The third-order valence-corrected chi connectivity index (χ3v) is 6.16. The summed E-state index contributed by atoms with van der Waals surface area (Å²) in [4.78, 5) is 17.2. The minimum atomic E-state index is 0. The quantitative estimate of drug-likeness (QED) is 0.742. The van der Waals surface area contributed by atoms with Gasteiger partial charge < -0.3 is 15.4 Å². The first-order chi connectivity index (χ1) is 13.0. The lowest BCUT2D eigenvalue weighted by atomic mass is 9.98. The first-order valence-corrected chi connectivity index (χ1v) is 9.88. The van der Waals surface area contributed by atoms with E-state index in [9.17, 15) is 4.79 Å². The Morgan fingerprint density at radius 1 is 1.24 bits per heavy atom. The summed E-state index contributed by atoms with van der Waals surface area (Å²) in [6.07, 6.45) is 5.77. The van der Waals surface area contributed by atoms with Gasteiger partial charge in [-0.1, -0.05) is 0 Å². The maximum atomic E-state index is 12.5. The van der Waals surface area contributed by atoms with Gasteiger partial charge in [-0.2, -0.15) is 0 Å². The molecule has 2 bridgehead atoms. The van der Waals surface area contributed by atoms with Crippen molar-refractivity contribution in [2.45, 2.75) is 70.5 Å². The van der Waals surface area contributed by atoms with Crippen molar-refractivity contribution in [2.75, 3.05) is 7.11 Å². The van der Waals surface area contributed by atoms with Crippen molar-refractivity contribution >= 4 is 41.8 Å². The molecule has 4 heterocycles. The molecule has 2 aromatic heterocycles. The number of nitrogens with one attached hydrogen (secondary N) is 2. The summed E-state index contributed by atoms with van der Waals surface area (Å²) in [6, 6.07) is 1.49. The van der Waals surface area contributed by atoms with Gasteiger partial charge in [-0.25, -0.2) is 9.67 Å². The molecule has 2 aliphatic heterocycles. The Morgan fingerprint density at radius 3 is 2.52 bits per heavy atom. The molecule has 9 heteroatoms. The molecule has 2 N–H and O–H groups in total. The highest BCUT2D eigenvalue weighted by atomic mass is 35.5. The Labute approximate surface area is 184 Å². The van der Waals surface area contributed by atoms with Crippen molar-refractivity contribution < 1.29 is 9.53 Å². The van der Waals surface area contributed by atoms with Crippen LogP contribution >= 0.6 is 24.8 Å². The van der Waals surface area contributed by atoms with Crippen molar-refractivity contribution in [3.8, 4) is 5.88 Å². The zero-order valence-electron chi connectivity index (χ0n) is 17.4. The summed E-state index contributed by atoms with van der Waals surface area (Å²) in [6.45, 7) is 4.07. The predicted molar refractivity (Wildman–Crippen MR) is 118 cm³/mol. The number of aromatic nitrogens is 3. The summed E-state index contributed by atoms with van der Waals surface area (Å²) in [5.41, 5.74) is 4.00. The molecule has 1 amide bonds. The summed E-state index contributed by atoms with van der Waals surface area (Å²) < 4.78 is 7.17. The second kappa shape index (κ2) is 9.49. The van der Waals surface area contributed by atoms with E-state index in [1.54, 1.807) is 11.8 Å². The number of amides is 1. The van der Waals surface area contributed by atoms with E-state index in [0.717, 1.165) is 40.7 Å². The minimum absolute atomic E-state index is 0. The van der Waals surface area contributed by atoms with Crippen LogP contribution in [0.2, 0.25) is 0 Å². The van der Waals surface area contributed by atoms with E-state index in [1.165, 1.54) is 12.8 Å². The average Bonchev–Trinajstić information content (AvgIpc) is 3.13. The van der Waals surface area contributed by atoms with E-state index >= 15 is 0 Å². The number of halogens is 2. The molecule has 2 atom stereocenters. The Bertz CT molecular complexity index is 874. The summed E-state index contributed by atoms with van der Waals surface area (Å²) in [5, 5.41) is 12.2. The molecule has 0 spiro atoms. The molecule has 2 aromatic rings. The fraction of sp³-hybridized carbons (Fsp3) is 0.650. The number of ether oxygens (including phenoxy) is 1. The number of methoxy groups -OCH3 is 1. The lowest BCUT2D eigenvalue weighted by Crippen LogP contribution is -2.48. The van der Waals surface area contributed by atoms with Crippen LogP contribution in [-0.2, 0) is 18.3 Å². The second-order valence-electron chi connectivity index (χ2n) is 8.01. The van der Waals surface area contributed by atoms with Gasteiger partial charge in [-0.05, 0) is 57.1 Å². The van der Waals surface area contributed by atoms with Crippen LogP contribution in [0.5, 0.6) is 5.88 Å². The third kappa shape index (κ3) is 4.62. The zero-order valence-corrected chi connectivity index (χ0v) is 19.1. The van der Waals surface area contributed by atoms with E-state index in [2.05, 4.69) is 22.7 Å². The number of nitrogens with zero attached hydrogens (tertiary/aromatic N) is 3. The Hall–Kier alpha value is -1.57. The largest absolute Gasteiger partial charge is 0.479 e. The number of carbonyl (C=O) groups excluding carboxylic acids is 1. The molecule has 2 fully saturated rings. The smallest absolute Gasteiger partial charge is 0.242 e. The molecule has 0 aliphatic carbocycles. The minimum Gasteiger partial charge on any atom is -0.479 e. The van der Waals surface area contributed by atoms with Crippen molar-refractivity contribution in [1.29, 1.82) is 0 Å². The number of hydrogen-bond donors (Lipinski definition) is 2. The summed E-state index contributed by atoms with van der Waals surface area (Å²) >= 11 is 0. The van der Waals surface area contributed by atoms with Crippen molar-refractivity contribution in [3.05, 3.63) is 16.8 Å². The summed E-state index contributed by atoms with van der Waals surface area (Å²) in [7, 11) is 3.50. The van der Waals surface area contributed by atoms with E-state index in [0.29, 0.717) is 36.8 Å². The van der Waals surface area contributed by atoms with E-state index in [-0.39, 0.29) is 30.7 Å². The molecule has 0 saturated carbocycles. The molecule has 0 radical (unpaired) electrons. The normalized spacial score (nSPS) is 22.7. The fourth-order valence-corrected chi connectivity index (χ4v) is 4.82. The maximum Gasteiger partial charge on any atom is 0.242 e. The van der Waals surface area contributed by atoms with Gasteiger partial charge in [0.2, 0.25) is 11.8 Å².